The maximum atomic E-state index is 12.7. The van der Waals surface area contributed by atoms with E-state index >= 15 is 0 Å². The Bertz CT molecular complexity index is 963. The number of halogens is 3. The van der Waals surface area contributed by atoms with Gasteiger partial charge in [-0.25, -0.2) is 9.50 Å². The second kappa shape index (κ2) is 6.40. The van der Waals surface area contributed by atoms with Gasteiger partial charge in [0.15, 0.2) is 5.65 Å². The number of carbonyl (C=O) groups excluding carboxylic acids is 1. The van der Waals surface area contributed by atoms with E-state index in [0.717, 1.165) is 18.2 Å². The van der Waals surface area contributed by atoms with E-state index in [1.165, 1.54) is 10.7 Å². The Balaban J connectivity index is 2.02. The van der Waals surface area contributed by atoms with Crippen LogP contribution in [0.2, 0.25) is 0 Å². The van der Waals surface area contributed by atoms with E-state index < -0.39 is 18.1 Å². The number of pyridine rings is 1. The Hall–Kier alpha value is -2.97. The Kier molecular flexibility index (Phi) is 4.39. The number of hydrogen-bond acceptors (Lipinski definition) is 4. The highest BCUT2D eigenvalue weighted by molar-refractivity contribution is 6.00. The molecular weight excluding hydrogens is 347 g/mol. The van der Waals surface area contributed by atoms with Gasteiger partial charge in [-0.1, -0.05) is 0 Å². The lowest BCUT2D eigenvalue weighted by Gasteiger charge is -2.16. The molecule has 0 fully saturated rings. The summed E-state index contributed by atoms with van der Waals surface area (Å²) in [4.78, 5) is 20.9. The zero-order chi connectivity index (χ0) is 19.1. The Morgan fingerprint density at radius 1 is 1.23 bits per heavy atom. The summed E-state index contributed by atoms with van der Waals surface area (Å²) in [5, 5.41) is 5.99. The molecule has 0 aliphatic heterocycles. The van der Waals surface area contributed by atoms with Crippen LogP contribution in [0.15, 0.2) is 30.6 Å². The van der Waals surface area contributed by atoms with Crippen LogP contribution in [0.4, 0.5) is 13.2 Å². The standard InChI is InChI=1S/C17H16F3N5O/c1-9-4-5-12(7-21-9)14-6-10(2)25-15(24-14)13(8-22-25)16(26)23-11(3)17(18,19)20/h4-8,11H,1-3H3,(H,23,26)/t11-/m0/s1. The number of fused-ring (bicyclic) bond motifs is 1. The second-order valence-corrected chi connectivity index (χ2v) is 6.00. The fourth-order valence-electron chi connectivity index (χ4n) is 2.40. The third kappa shape index (κ3) is 3.37. The molecule has 9 heteroatoms. The van der Waals surface area contributed by atoms with Gasteiger partial charge in [0.1, 0.15) is 11.6 Å². The number of rotatable bonds is 3. The molecule has 3 aromatic rings. The molecule has 1 atom stereocenters. The van der Waals surface area contributed by atoms with Crippen molar-refractivity contribution >= 4 is 11.6 Å². The van der Waals surface area contributed by atoms with Crippen molar-refractivity contribution in [3.05, 3.63) is 47.5 Å². The van der Waals surface area contributed by atoms with Crippen molar-refractivity contribution in [1.82, 2.24) is 24.9 Å². The van der Waals surface area contributed by atoms with E-state index in [2.05, 4.69) is 15.1 Å². The quantitative estimate of drug-likeness (QED) is 0.776. The lowest BCUT2D eigenvalue weighted by molar-refractivity contribution is -0.149. The average molecular weight is 363 g/mol. The zero-order valence-corrected chi connectivity index (χ0v) is 14.3. The van der Waals surface area contributed by atoms with Crippen LogP contribution in [-0.4, -0.2) is 37.7 Å². The first-order valence-electron chi connectivity index (χ1n) is 7.83. The van der Waals surface area contributed by atoms with Gasteiger partial charge in [-0.05, 0) is 39.0 Å². The molecule has 136 valence electrons. The Labute approximate surface area is 147 Å². The number of nitrogens with one attached hydrogen (secondary N) is 1. The summed E-state index contributed by atoms with van der Waals surface area (Å²) in [7, 11) is 0. The summed E-state index contributed by atoms with van der Waals surface area (Å²) in [6.07, 6.45) is -1.67. The van der Waals surface area contributed by atoms with Gasteiger partial charge >= 0.3 is 6.18 Å². The summed E-state index contributed by atoms with van der Waals surface area (Å²) in [5.41, 5.74) is 2.99. The van der Waals surface area contributed by atoms with E-state index in [-0.39, 0.29) is 11.2 Å². The van der Waals surface area contributed by atoms with Gasteiger partial charge in [-0.2, -0.15) is 18.3 Å². The van der Waals surface area contributed by atoms with Crippen LogP contribution in [0.3, 0.4) is 0 Å². The maximum Gasteiger partial charge on any atom is 0.408 e. The van der Waals surface area contributed by atoms with Crippen molar-refractivity contribution in [3.63, 3.8) is 0 Å². The second-order valence-electron chi connectivity index (χ2n) is 6.00. The topological polar surface area (TPSA) is 72.2 Å². The summed E-state index contributed by atoms with van der Waals surface area (Å²) in [6, 6.07) is 3.45. The minimum absolute atomic E-state index is 0.0221. The molecule has 26 heavy (non-hydrogen) atoms. The predicted octanol–water partition coefficient (Wildman–Crippen LogP) is 3.09. The van der Waals surface area contributed by atoms with E-state index in [9.17, 15) is 18.0 Å². The number of alkyl halides is 3. The largest absolute Gasteiger partial charge is 0.408 e. The molecular formula is C17H16F3N5O. The van der Waals surface area contributed by atoms with Crippen LogP contribution in [0.25, 0.3) is 16.9 Å². The van der Waals surface area contributed by atoms with Gasteiger partial charge in [0.2, 0.25) is 0 Å². The summed E-state index contributed by atoms with van der Waals surface area (Å²) in [5.74, 6) is -0.879. The first-order valence-corrected chi connectivity index (χ1v) is 7.83. The van der Waals surface area contributed by atoms with Crippen LogP contribution in [0.5, 0.6) is 0 Å². The van der Waals surface area contributed by atoms with Gasteiger partial charge in [0.05, 0.1) is 11.9 Å². The highest BCUT2D eigenvalue weighted by Crippen LogP contribution is 2.22. The highest BCUT2D eigenvalue weighted by Gasteiger charge is 2.37. The molecule has 3 rings (SSSR count). The van der Waals surface area contributed by atoms with E-state index in [4.69, 9.17) is 0 Å². The van der Waals surface area contributed by atoms with Crippen LogP contribution >= 0.6 is 0 Å². The molecule has 0 aliphatic carbocycles. The molecule has 1 N–H and O–H groups in total. The average Bonchev–Trinajstić information content (AvgIpc) is 2.99. The molecule has 0 unspecified atom stereocenters. The fraction of sp³-hybridized carbons (Fsp3) is 0.294. The van der Waals surface area contributed by atoms with Crippen LogP contribution in [-0.2, 0) is 0 Å². The lowest BCUT2D eigenvalue weighted by atomic mass is 10.1. The van der Waals surface area contributed by atoms with Crippen molar-refractivity contribution in [2.45, 2.75) is 33.0 Å². The molecule has 0 radical (unpaired) electrons. The molecule has 0 aromatic carbocycles. The molecule has 6 nitrogen and oxygen atoms in total. The van der Waals surface area contributed by atoms with Gasteiger partial charge in [-0.3, -0.25) is 9.78 Å². The van der Waals surface area contributed by atoms with Gasteiger partial charge in [0, 0.05) is 23.1 Å². The van der Waals surface area contributed by atoms with Gasteiger partial charge in [0.25, 0.3) is 5.91 Å². The molecule has 0 saturated heterocycles. The SMILES string of the molecule is Cc1ccc(-c2cc(C)n3ncc(C(=O)N[C@@H](C)C(F)(F)F)c3n2)cn1. The molecule has 0 saturated carbocycles. The predicted molar refractivity (Wildman–Crippen MR) is 88.7 cm³/mol. The molecule has 0 bridgehead atoms. The van der Waals surface area contributed by atoms with Crippen molar-refractivity contribution in [3.8, 4) is 11.3 Å². The fourth-order valence-corrected chi connectivity index (χ4v) is 2.40. The minimum Gasteiger partial charge on any atom is -0.340 e. The molecule has 3 heterocycles. The summed E-state index contributed by atoms with van der Waals surface area (Å²) >= 11 is 0. The normalized spacial score (nSPS) is 13.0. The number of carbonyl (C=O) groups is 1. The Morgan fingerprint density at radius 3 is 2.58 bits per heavy atom. The van der Waals surface area contributed by atoms with Crippen molar-refractivity contribution in [2.24, 2.45) is 0 Å². The van der Waals surface area contributed by atoms with Gasteiger partial charge < -0.3 is 5.32 Å². The third-order valence-electron chi connectivity index (χ3n) is 3.94. The molecule has 1 amide bonds. The monoisotopic (exact) mass is 363 g/mol. The summed E-state index contributed by atoms with van der Waals surface area (Å²) < 4.78 is 39.5. The lowest BCUT2D eigenvalue weighted by Crippen LogP contribution is -2.43. The molecule has 0 spiro atoms. The van der Waals surface area contributed by atoms with Crippen LogP contribution in [0.1, 0.15) is 28.7 Å². The third-order valence-corrected chi connectivity index (χ3v) is 3.94. The van der Waals surface area contributed by atoms with E-state index in [0.29, 0.717) is 11.4 Å². The molecule has 3 aromatic heterocycles. The van der Waals surface area contributed by atoms with Crippen molar-refractivity contribution in [2.75, 3.05) is 0 Å². The minimum atomic E-state index is -4.53. The zero-order valence-electron chi connectivity index (χ0n) is 14.3. The van der Waals surface area contributed by atoms with Crippen LogP contribution in [0, 0.1) is 13.8 Å². The van der Waals surface area contributed by atoms with Crippen molar-refractivity contribution < 1.29 is 18.0 Å². The number of nitrogens with zero attached hydrogens (tertiary/aromatic N) is 4. The Morgan fingerprint density at radius 2 is 1.96 bits per heavy atom. The molecule has 0 aliphatic rings. The highest BCUT2D eigenvalue weighted by atomic mass is 19.4. The first kappa shape index (κ1) is 17.8. The van der Waals surface area contributed by atoms with Gasteiger partial charge in [-0.15, -0.1) is 0 Å². The number of aromatic nitrogens is 4. The number of aryl methyl sites for hydroxylation is 2. The maximum absolute atomic E-state index is 12.7. The first-order chi connectivity index (χ1) is 12.2. The number of amides is 1. The smallest absolute Gasteiger partial charge is 0.340 e. The van der Waals surface area contributed by atoms with Crippen molar-refractivity contribution in [1.29, 1.82) is 0 Å². The van der Waals surface area contributed by atoms with E-state index in [1.807, 2.05) is 24.4 Å². The number of hydrogen-bond donors (Lipinski definition) is 1. The summed E-state index contributed by atoms with van der Waals surface area (Å²) in [6.45, 7) is 4.51. The van der Waals surface area contributed by atoms with Crippen LogP contribution < -0.4 is 5.32 Å². The van der Waals surface area contributed by atoms with E-state index in [1.54, 1.807) is 19.2 Å².